The zero-order chi connectivity index (χ0) is 13.1. The second kappa shape index (κ2) is 5.46. The molecule has 1 heterocycles. The van der Waals surface area contributed by atoms with Crippen LogP contribution in [-0.2, 0) is 4.79 Å². The number of amides is 1. The maximum Gasteiger partial charge on any atom is 0.228 e. The molecule has 2 N–H and O–H groups in total. The Bertz CT molecular complexity index is 564. The summed E-state index contributed by atoms with van der Waals surface area (Å²) in [5, 5.41) is 6.97. The summed E-state index contributed by atoms with van der Waals surface area (Å²) in [6.07, 6.45) is 0. The van der Waals surface area contributed by atoms with Crippen LogP contribution in [0.3, 0.4) is 0 Å². The lowest BCUT2D eigenvalue weighted by Gasteiger charge is -2.11. The number of fused-ring (bicyclic) bond motifs is 1. The Kier molecular flexibility index (Phi) is 3.93. The number of anilines is 1. The number of aryl methyl sites for hydroxylation is 1. The lowest BCUT2D eigenvalue weighted by atomic mass is 10.1. The third-order valence-corrected chi connectivity index (χ3v) is 3.65. The van der Waals surface area contributed by atoms with E-state index < -0.39 is 0 Å². The van der Waals surface area contributed by atoms with Crippen molar-refractivity contribution in [3.63, 3.8) is 0 Å². The molecule has 1 aromatic heterocycles. The van der Waals surface area contributed by atoms with Crippen molar-refractivity contribution in [1.82, 2.24) is 10.3 Å². The van der Waals surface area contributed by atoms with Crippen LogP contribution < -0.4 is 10.6 Å². The molecule has 0 aliphatic rings. The Balaban J connectivity index is 2.14. The van der Waals surface area contributed by atoms with E-state index in [2.05, 4.69) is 15.6 Å². The molecule has 1 amide bonds. The molecule has 0 aliphatic carbocycles. The van der Waals surface area contributed by atoms with Crippen molar-refractivity contribution >= 4 is 33.1 Å². The molecule has 18 heavy (non-hydrogen) atoms. The number of hydrogen-bond donors (Lipinski definition) is 2. The number of carbonyl (C=O) groups excluding carboxylic acids is 1. The lowest BCUT2D eigenvalue weighted by Crippen LogP contribution is -2.28. The summed E-state index contributed by atoms with van der Waals surface area (Å²) >= 11 is 1.64. The van der Waals surface area contributed by atoms with Gasteiger partial charge in [0, 0.05) is 18.2 Å². The predicted octanol–water partition coefficient (Wildman–Crippen LogP) is 2.40. The van der Waals surface area contributed by atoms with Crippen LogP contribution in [0.25, 0.3) is 10.2 Å². The van der Waals surface area contributed by atoms with Gasteiger partial charge in [-0.2, -0.15) is 0 Å². The minimum atomic E-state index is -0.0473. The first-order valence-corrected chi connectivity index (χ1v) is 6.74. The largest absolute Gasteiger partial charge is 0.326 e. The molecule has 0 aliphatic heterocycles. The van der Waals surface area contributed by atoms with Crippen LogP contribution in [0.4, 0.5) is 5.69 Å². The quantitative estimate of drug-likeness (QED) is 0.890. The molecule has 96 valence electrons. The Morgan fingerprint density at radius 3 is 3.00 bits per heavy atom. The van der Waals surface area contributed by atoms with E-state index in [9.17, 15) is 4.79 Å². The highest BCUT2D eigenvalue weighted by molar-refractivity contribution is 7.18. The zero-order valence-corrected chi connectivity index (χ0v) is 11.6. The summed E-state index contributed by atoms with van der Waals surface area (Å²) in [5.41, 5.74) is 1.82. The fourth-order valence-corrected chi connectivity index (χ4v) is 2.65. The fourth-order valence-electron chi connectivity index (χ4n) is 1.78. The Labute approximate surface area is 110 Å². The Hall–Kier alpha value is -1.46. The van der Waals surface area contributed by atoms with Gasteiger partial charge in [0.2, 0.25) is 5.91 Å². The van der Waals surface area contributed by atoms with Gasteiger partial charge in [-0.05, 0) is 32.2 Å². The molecule has 0 fully saturated rings. The maximum absolute atomic E-state index is 11.9. The highest BCUT2D eigenvalue weighted by atomic mass is 32.1. The van der Waals surface area contributed by atoms with E-state index >= 15 is 0 Å². The first-order valence-electron chi connectivity index (χ1n) is 5.93. The third-order valence-electron chi connectivity index (χ3n) is 2.72. The third kappa shape index (κ3) is 2.86. The van der Waals surface area contributed by atoms with E-state index in [1.807, 2.05) is 39.1 Å². The van der Waals surface area contributed by atoms with Crippen LogP contribution in [0.15, 0.2) is 18.2 Å². The second-order valence-corrected chi connectivity index (χ2v) is 5.60. The molecular weight excluding hydrogens is 246 g/mol. The summed E-state index contributed by atoms with van der Waals surface area (Å²) in [5.74, 6) is -0.0150. The van der Waals surface area contributed by atoms with Gasteiger partial charge in [-0.25, -0.2) is 4.98 Å². The van der Waals surface area contributed by atoms with Crippen LogP contribution in [0.1, 0.15) is 11.9 Å². The van der Waals surface area contributed by atoms with E-state index in [1.165, 1.54) is 0 Å². The molecule has 5 heteroatoms. The van der Waals surface area contributed by atoms with E-state index in [0.29, 0.717) is 6.54 Å². The maximum atomic E-state index is 11.9. The fraction of sp³-hybridized carbons (Fsp3) is 0.385. The van der Waals surface area contributed by atoms with Crippen LogP contribution in [0.2, 0.25) is 0 Å². The standard InChI is InChI=1S/C13H17N3OS/c1-8(7-14-3)13(17)16-10-4-5-11-12(6-10)18-9(2)15-11/h4-6,8,14H,7H2,1-3H3,(H,16,17). The normalized spacial score (nSPS) is 12.6. The van der Waals surface area contributed by atoms with Crippen molar-refractivity contribution in [2.45, 2.75) is 13.8 Å². The minimum absolute atomic E-state index is 0.0323. The molecule has 0 saturated carbocycles. The number of rotatable bonds is 4. The van der Waals surface area contributed by atoms with Crippen molar-refractivity contribution in [1.29, 1.82) is 0 Å². The van der Waals surface area contributed by atoms with Crippen LogP contribution >= 0.6 is 11.3 Å². The SMILES string of the molecule is CNCC(C)C(=O)Nc1ccc2nc(C)sc2c1. The summed E-state index contributed by atoms with van der Waals surface area (Å²) in [7, 11) is 1.84. The van der Waals surface area contributed by atoms with Gasteiger partial charge in [-0.1, -0.05) is 6.92 Å². The number of thiazole rings is 1. The van der Waals surface area contributed by atoms with Crippen LogP contribution in [0.5, 0.6) is 0 Å². The summed E-state index contributed by atoms with van der Waals surface area (Å²) in [6.45, 7) is 4.56. The van der Waals surface area contributed by atoms with Crippen molar-refractivity contribution in [3.05, 3.63) is 23.2 Å². The van der Waals surface area contributed by atoms with E-state index in [0.717, 1.165) is 20.9 Å². The number of hydrogen-bond acceptors (Lipinski definition) is 4. The van der Waals surface area contributed by atoms with Crippen molar-refractivity contribution in [2.75, 3.05) is 18.9 Å². The monoisotopic (exact) mass is 263 g/mol. The number of aromatic nitrogens is 1. The average molecular weight is 263 g/mol. The van der Waals surface area contributed by atoms with E-state index in [-0.39, 0.29) is 11.8 Å². The molecule has 1 atom stereocenters. The Morgan fingerprint density at radius 1 is 1.50 bits per heavy atom. The van der Waals surface area contributed by atoms with Gasteiger partial charge in [0.15, 0.2) is 0 Å². The molecule has 0 spiro atoms. The van der Waals surface area contributed by atoms with Gasteiger partial charge in [-0.3, -0.25) is 4.79 Å². The van der Waals surface area contributed by atoms with E-state index in [1.54, 1.807) is 11.3 Å². The Morgan fingerprint density at radius 2 is 2.28 bits per heavy atom. The van der Waals surface area contributed by atoms with Crippen molar-refractivity contribution in [2.24, 2.45) is 5.92 Å². The topological polar surface area (TPSA) is 54.0 Å². The van der Waals surface area contributed by atoms with Crippen LogP contribution in [0, 0.1) is 12.8 Å². The van der Waals surface area contributed by atoms with Gasteiger partial charge in [0.25, 0.3) is 0 Å². The highest BCUT2D eigenvalue weighted by Gasteiger charge is 2.12. The number of nitrogens with zero attached hydrogens (tertiary/aromatic N) is 1. The van der Waals surface area contributed by atoms with Crippen LogP contribution in [-0.4, -0.2) is 24.5 Å². The summed E-state index contributed by atoms with van der Waals surface area (Å²) in [6, 6.07) is 5.81. The minimum Gasteiger partial charge on any atom is -0.326 e. The molecule has 1 aromatic carbocycles. The summed E-state index contributed by atoms with van der Waals surface area (Å²) < 4.78 is 1.10. The lowest BCUT2D eigenvalue weighted by molar-refractivity contribution is -0.119. The molecule has 4 nitrogen and oxygen atoms in total. The van der Waals surface area contributed by atoms with Gasteiger partial charge >= 0.3 is 0 Å². The first kappa shape index (κ1) is 13.0. The molecule has 2 aromatic rings. The van der Waals surface area contributed by atoms with E-state index in [4.69, 9.17) is 0 Å². The first-order chi connectivity index (χ1) is 8.60. The average Bonchev–Trinajstić information content (AvgIpc) is 2.68. The molecule has 1 unspecified atom stereocenters. The number of benzene rings is 1. The molecule has 2 rings (SSSR count). The van der Waals surface area contributed by atoms with Crippen molar-refractivity contribution < 1.29 is 4.79 Å². The molecule has 0 bridgehead atoms. The molecule has 0 radical (unpaired) electrons. The molecular formula is C13H17N3OS. The smallest absolute Gasteiger partial charge is 0.228 e. The zero-order valence-electron chi connectivity index (χ0n) is 10.8. The molecule has 0 saturated heterocycles. The number of nitrogens with one attached hydrogen (secondary N) is 2. The van der Waals surface area contributed by atoms with Gasteiger partial charge in [0.1, 0.15) is 0 Å². The van der Waals surface area contributed by atoms with Gasteiger partial charge in [-0.15, -0.1) is 11.3 Å². The van der Waals surface area contributed by atoms with Crippen molar-refractivity contribution in [3.8, 4) is 0 Å². The van der Waals surface area contributed by atoms with Gasteiger partial charge in [0.05, 0.1) is 15.2 Å². The second-order valence-electron chi connectivity index (χ2n) is 4.36. The summed E-state index contributed by atoms with van der Waals surface area (Å²) in [4.78, 5) is 16.3. The predicted molar refractivity (Wildman–Crippen MR) is 76.1 cm³/mol. The highest BCUT2D eigenvalue weighted by Crippen LogP contribution is 2.24. The van der Waals surface area contributed by atoms with Gasteiger partial charge < -0.3 is 10.6 Å². The number of carbonyl (C=O) groups is 1.